The number of nitrogens with two attached hydrogens (primary N) is 1. The van der Waals surface area contributed by atoms with Crippen molar-refractivity contribution in [2.24, 2.45) is 5.73 Å². The Morgan fingerprint density at radius 2 is 2.29 bits per heavy atom. The second-order valence-corrected chi connectivity index (χ2v) is 4.61. The number of halogens is 1. The maximum absolute atomic E-state index is 10.9. The van der Waals surface area contributed by atoms with Crippen molar-refractivity contribution in [3.05, 3.63) is 28.2 Å². The zero-order valence-electron chi connectivity index (χ0n) is 9.33. The number of nitrogens with one attached hydrogen (secondary N) is 1. The number of esters is 1. The molecule has 1 aromatic rings. The highest BCUT2D eigenvalue weighted by Gasteiger charge is 2.04. The van der Waals surface area contributed by atoms with Gasteiger partial charge in [-0.2, -0.15) is 0 Å². The average Bonchev–Trinajstić information content (AvgIpc) is 2.30. The molecule has 6 heteroatoms. The van der Waals surface area contributed by atoms with Crippen LogP contribution in [0.5, 0.6) is 0 Å². The second-order valence-electron chi connectivity index (χ2n) is 3.31. The Balaban J connectivity index is 2.60. The number of methoxy groups -OCH3 is 1. The normalized spacial score (nSPS) is 9.76. The topological polar surface area (TPSA) is 64.3 Å². The van der Waals surface area contributed by atoms with Crippen LogP contribution in [0.15, 0.2) is 22.7 Å². The van der Waals surface area contributed by atoms with Crippen LogP contribution in [0.2, 0.25) is 0 Å². The van der Waals surface area contributed by atoms with E-state index in [1.165, 1.54) is 7.11 Å². The number of carbonyl (C=O) groups excluding carboxylic acids is 1. The summed E-state index contributed by atoms with van der Waals surface area (Å²) in [5.41, 5.74) is 7.20. The SMILES string of the molecule is COC(=O)CCNc1ccc(C(N)=S)cc1Br. The van der Waals surface area contributed by atoms with E-state index in [9.17, 15) is 4.79 Å². The van der Waals surface area contributed by atoms with Gasteiger partial charge in [-0.25, -0.2) is 0 Å². The molecule has 0 fully saturated rings. The summed E-state index contributed by atoms with van der Waals surface area (Å²) in [5, 5.41) is 3.11. The van der Waals surface area contributed by atoms with Crippen LogP contribution in [-0.2, 0) is 9.53 Å². The van der Waals surface area contributed by atoms with Gasteiger partial charge in [0.05, 0.1) is 13.5 Å². The van der Waals surface area contributed by atoms with E-state index in [0.717, 1.165) is 15.7 Å². The van der Waals surface area contributed by atoms with Crippen molar-refractivity contribution < 1.29 is 9.53 Å². The van der Waals surface area contributed by atoms with Crippen LogP contribution in [0.3, 0.4) is 0 Å². The maximum atomic E-state index is 10.9. The van der Waals surface area contributed by atoms with Crippen LogP contribution in [0.4, 0.5) is 5.69 Å². The molecule has 0 heterocycles. The van der Waals surface area contributed by atoms with Crippen LogP contribution in [-0.4, -0.2) is 24.6 Å². The molecule has 0 aliphatic heterocycles. The third-order valence-electron chi connectivity index (χ3n) is 2.13. The van der Waals surface area contributed by atoms with Crippen molar-refractivity contribution in [3.8, 4) is 0 Å². The molecule has 4 nitrogen and oxygen atoms in total. The number of hydrogen-bond donors (Lipinski definition) is 2. The molecule has 0 bridgehead atoms. The van der Waals surface area contributed by atoms with Gasteiger partial charge in [0.15, 0.2) is 0 Å². The molecule has 1 rings (SSSR count). The second kappa shape index (κ2) is 6.56. The van der Waals surface area contributed by atoms with Crippen molar-refractivity contribution in [2.75, 3.05) is 19.0 Å². The van der Waals surface area contributed by atoms with Crippen molar-refractivity contribution in [3.63, 3.8) is 0 Å². The summed E-state index contributed by atoms with van der Waals surface area (Å²) in [4.78, 5) is 11.3. The van der Waals surface area contributed by atoms with Crippen LogP contribution in [0, 0.1) is 0 Å². The minimum Gasteiger partial charge on any atom is -0.469 e. The minimum atomic E-state index is -0.242. The Hall–Kier alpha value is -1.14. The van der Waals surface area contributed by atoms with Crippen molar-refractivity contribution in [2.45, 2.75) is 6.42 Å². The molecule has 0 atom stereocenters. The van der Waals surface area contributed by atoms with Crippen molar-refractivity contribution in [1.82, 2.24) is 0 Å². The van der Waals surface area contributed by atoms with Crippen molar-refractivity contribution in [1.29, 1.82) is 0 Å². The molecular formula is C11H13BrN2O2S. The number of anilines is 1. The van der Waals surface area contributed by atoms with Gasteiger partial charge in [0.25, 0.3) is 0 Å². The zero-order chi connectivity index (χ0) is 12.8. The first kappa shape index (κ1) is 13.9. The van der Waals surface area contributed by atoms with E-state index >= 15 is 0 Å². The van der Waals surface area contributed by atoms with Crippen LogP contribution < -0.4 is 11.1 Å². The van der Waals surface area contributed by atoms with Gasteiger partial charge in [0, 0.05) is 22.3 Å². The van der Waals surface area contributed by atoms with Crippen LogP contribution in [0.25, 0.3) is 0 Å². The van der Waals surface area contributed by atoms with Crippen molar-refractivity contribution >= 4 is 44.8 Å². The van der Waals surface area contributed by atoms with E-state index < -0.39 is 0 Å². The van der Waals surface area contributed by atoms with E-state index in [0.29, 0.717) is 18.0 Å². The van der Waals surface area contributed by atoms with E-state index in [-0.39, 0.29) is 5.97 Å². The third-order valence-corrected chi connectivity index (χ3v) is 3.02. The summed E-state index contributed by atoms with van der Waals surface area (Å²) >= 11 is 8.28. The highest BCUT2D eigenvalue weighted by Crippen LogP contribution is 2.23. The molecule has 3 N–H and O–H groups in total. The van der Waals surface area contributed by atoms with Gasteiger partial charge in [-0.05, 0) is 34.1 Å². The summed E-state index contributed by atoms with van der Waals surface area (Å²) in [6.45, 7) is 0.512. The summed E-state index contributed by atoms with van der Waals surface area (Å²) < 4.78 is 5.40. The lowest BCUT2D eigenvalue weighted by atomic mass is 10.2. The van der Waals surface area contributed by atoms with Gasteiger partial charge in [-0.3, -0.25) is 4.79 Å². The van der Waals surface area contributed by atoms with Gasteiger partial charge in [0.1, 0.15) is 4.99 Å². The Morgan fingerprint density at radius 1 is 1.59 bits per heavy atom. The third kappa shape index (κ3) is 4.32. The summed E-state index contributed by atoms with van der Waals surface area (Å²) in [6.07, 6.45) is 0.319. The molecule has 0 aromatic heterocycles. The van der Waals surface area contributed by atoms with E-state index in [1.54, 1.807) is 0 Å². The number of benzene rings is 1. The fraction of sp³-hybridized carbons (Fsp3) is 0.273. The molecule has 0 unspecified atom stereocenters. The summed E-state index contributed by atoms with van der Waals surface area (Å²) in [5.74, 6) is -0.242. The Bertz CT molecular complexity index is 437. The summed E-state index contributed by atoms with van der Waals surface area (Å²) in [7, 11) is 1.37. The molecule has 0 saturated carbocycles. The lowest BCUT2D eigenvalue weighted by Gasteiger charge is -2.09. The Labute approximate surface area is 114 Å². The highest BCUT2D eigenvalue weighted by atomic mass is 79.9. The van der Waals surface area contributed by atoms with E-state index in [4.69, 9.17) is 18.0 Å². The molecule has 0 spiro atoms. The number of ether oxygens (including phenoxy) is 1. The standard InChI is InChI=1S/C11H13BrN2O2S/c1-16-10(15)4-5-14-9-3-2-7(11(13)17)6-8(9)12/h2-3,6,14H,4-5H2,1H3,(H2,13,17). The van der Waals surface area contributed by atoms with E-state index in [1.807, 2.05) is 18.2 Å². The number of hydrogen-bond acceptors (Lipinski definition) is 4. The quantitative estimate of drug-likeness (QED) is 0.643. The van der Waals surface area contributed by atoms with Gasteiger partial charge in [0.2, 0.25) is 0 Å². The smallest absolute Gasteiger partial charge is 0.307 e. The minimum absolute atomic E-state index is 0.242. The van der Waals surface area contributed by atoms with Gasteiger partial charge >= 0.3 is 5.97 Å². The first-order valence-electron chi connectivity index (χ1n) is 4.94. The van der Waals surface area contributed by atoms with Crippen LogP contribution >= 0.6 is 28.1 Å². The lowest BCUT2D eigenvalue weighted by Crippen LogP contribution is -2.11. The molecule has 92 valence electrons. The monoisotopic (exact) mass is 316 g/mol. The Kier molecular flexibility index (Phi) is 5.37. The van der Waals surface area contributed by atoms with E-state index in [2.05, 4.69) is 26.0 Å². The largest absolute Gasteiger partial charge is 0.469 e. The lowest BCUT2D eigenvalue weighted by molar-refractivity contribution is -0.140. The molecule has 0 aliphatic carbocycles. The molecule has 0 saturated heterocycles. The molecule has 1 aromatic carbocycles. The first-order valence-corrected chi connectivity index (χ1v) is 6.14. The maximum Gasteiger partial charge on any atom is 0.307 e. The van der Waals surface area contributed by atoms with Crippen LogP contribution in [0.1, 0.15) is 12.0 Å². The number of thiocarbonyl (C=S) groups is 1. The fourth-order valence-corrected chi connectivity index (χ4v) is 1.86. The molecule has 17 heavy (non-hydrogen) atoms. The summed E-state index contributed by atoms with van der Waals surface area (Å²) in [6, 6.07) is 5.52. The number of rotatable bonds is 5. The first-order chi connectivity index (χ1) is 8.04. The predicted octanol–water partition coefficient (Wildman–Crippen LogP) is 2.06. The zero-order valence-corrected chi connectivity index (χ0v) is 11.7. The Morgan fingerprint density at radius 3 is 2.82 bits per heavy atom. The molecular weight excluding hydrogens is 304 g/mol. The molecule has 0 amide bonds. The number of carbonyl (C=O) groups is 1. The fourth-order valence-electron chi connectivity index (χ4n) is 1.21. The highest BCUT2D eigenvalue weighted by molar-refractivity contribution is 9.10. The predicted molar refractivity (Wildman–Crippen MR) is 75.2 cm³/mol. The molecule has 0 radical (unpaired) electrons. The van der Waals surface area contributed by atoms with Gasteiger partial charge in [-0.15, -0.1) is 0 Å². The van der Waals surface area contributed by atoms with Gasteiger partial charge < -0.3 is 15.8 Å². The average molecular weight is 317 g/mol. The molecule has 0 aliphatic rings. The van der Waals surface area contributed by atoms with Gasteiger partial charge in [-0.1, -0.05) is 12.2 Å².